The molecule has 2 heterocycles. The zero-order chi connectivity index (χ0) is 18.7. The monoisotopic (exact) mass is 349 g/mol. The summed E-state index contributed by atoms with van der Waals surface area (Å²) in [4.78, 5) is 16.8. The van der Waals surface area contributed by atoms with Crippen LogP contribution in [0.3, 0.4) is 0 Å². The SMILES string of the molecule is CC[C@H](NC(=O)c1ccc(-c2cnc(N)c(C)c2)cc1)c1cnn(C)c1. The third-order valence-electron chi connectivity index (χ3n) is 4.44. The number of nitrogens with two attached hydrogens (primary N) is 1. The van der Waals surface area contributed by atoms with Crippen LogP contribution < -0.4 is 11.1 Å². The van der Waals surface area contributed by atoms with Crippen LogP contribution in [0, 0.1) is 6.92 Å². The van der Waals surface area contributed by atoms with Gasteiger partial charge in [-0.2, -0.15) is 5.10 Å². The van der Waals surface area contributed by atoms with Crippen LogP contribution in [-0.4, -0.2) is 20.7 Å². The van der Waals surface area contributed by atoms with E-state index in [1.54, 1.807) is 17.1 Å². The summed E-state index contributed by atoms with van der Waals surface area (Å²) in [5, 5.41) is 7.24. The first-order chi connectivity index (χ1) is 12.5. The average molecular weight is 349 g/mol. The number of benzene rings is 1. The number of rotatable bonds is 5. The summed E-state index contributed by atoms with van der Waals surface area (Å²) in [6, 6.07) is 9.44. The first kappa shape index (κ1) is 17.7. The summed E-state index contributed by atoms with van der Waals surface area (Å²) >= 11 is 0. The standard InChI is InChI=1S/C20H23N5O/c1-4-18(17-11-23-25(3)12-17)24-20(26)15-7-5-14(6-8-15)16-9-13(2)19(21)22-10-16/h5-12,18H,4H2,1-3H3,(H2,21,22)(H,24,26)/t18-/m0/s1. The number of pyridine rings is 1. The number of aryl methyl sites for hydroxylation is 2. The van der Waals surface area contributed by atoms with Gasteiger partial charge in [0.15, 0.2) is 0 Å². The molecule has 6 heteroatoms. The fourth-order valence-corrected chi connectivity index (χ4v) is 2.84. The number of aromatic nitrogens is 3. The smallest absolute Gasteiger partial charge is 0.251 e. The lowest BCUT2D eigenvalue weighted by Gasteiger charge is -2.15. The van der Waals surface area contributed by atoms with Crippen LogP contribution in [0.5, 0.6) is 0 Å². The van der Waals surface area contributed by atoms with E-state index in [0.29, 0.717) is 11.4 Å². The molecule has 0 saturated heterocycles. The summed E-state index contributed by atoms with van der Waals surface area (Å²) < 4.78 is 1.74. The topological polar surface area (TPSA) is 85.8 Å². The Morgan fingerprint density at radius 1 is 1.23 bits per heavy atom. The van der Waals surface area contributed by atoms with Crippen LogP contribution in [0.25, 0.3) is 11.1 Å². The molecule has 1 amide bonds. The number of anilines is 1. The summed E-state index contributed by atoms with van der Waals surface area (Å²) in [7, 11) is 1.87. The number of hydrogen-bond acceptors (Lipinski definition) is 4. The van der Waals surface area contributed by atoms with Crippen LogP contribution in [0.4, 0.5) is 5.82 Å². The molecule has 3 aromatic rings. The van der Waals surface area contributed by atoms with Crippen molar-refractivity contribution in [3.63, 3.8) is 0 Å². The van der Waals surface area contributed by atoms with E-state index >= 15 is 0 Å². The van der Waals surface area contributed by atoms with Gasteiger partial charge < -0.3 is 11.1 Å². The third kappa shape index (κ3) is 3.74. The number of amides is 1. The minimum atomic E-state index is -0.0983. The van der Waals surface area contributed by atoms with Crippen molar-refractivity contribution in [2.45, 2.75) is 26.3 Å². The molecule has 6 nitrogen and oxygen atoms in total. The second kappa shape index (κ2) is 7.39. The minimum Gasteiger partial charge on any atom is -0.383 e. The van der Waals surface area contributed by atoms with Crippen molar-refractivity contribution < 1.29 is 4.79 Å². The molecule has 0 spiro atoms. The fourth-order valence-electron chi connectivity index (χ4n) is 2.84. The second-order valence-electron chi connectivity index (χ2n) is 6.39. The molecule has 0 fully saturated rings. The van der Waals surface area contributed by atoms with E-state index in [0.717, 1.165) is 28.7 Å². The molecule has 0 radical (unpaired) electrons. The van der Waals surface area contributed by atoms with E-state index in [9.17, 15) is 4.79 Å². The van der Waals surface area contributed by atoms with Gasteiger partial charge >= 0.3 is 0 Å². The molecule has 1 atom stereocenters. The van der Waals surface area contributed by atoms with Gasteiger partial charge in [0.05, 0.1) is 12.2 Å². The van der Waals surface area contributed by atoms with Gasteiger partial charge in [0.1, 0.15) is 5.82 Å². The van der Waals surface area contributed by atoms with E-state index in [2.05, 4.69) is 15.4 Å². The Morgan fingerprint density at radius 3 is 2.54 bits per heavy atom. The summed E-state index contributed by atoms with van der Waals surface area (Å²) in [6.45, 7) is 3.97. The highest BCUT2D eigenvalue weighted by atomic mass is 16.1. The molecule has 26 heavy (non-hydrogen) atoms. The zero-order valence-electron chi connectivity index (χ0n) is 15.2. The first-order valence-electron chi connectivity index (χ1n) is 8.60. The molecular weight excluding hydrogens is 326 g/mol. The highest BCUT2D eigenvalue weighted by Gasteiger charge is 2.15. The van der Waals surface area contributed by atoms with Crippen molar-refractivity contribution in [3.8, 4) is 11.1 Å². The maximum atomic E-state index is 12.6. The largest absolute Gasteiger partial charge is 0.383 e. The Kier molecular flexibility index (Phi) is 5.02. The molecule has 0 unspecified atom stereocenters. The van der Waals surface area contributed by atoms with Gasteiger partial charge in [-0.15, -0.1) is 0 Å². The highest BCUT2D eigenvalue weighted by Crippen LogP contribution is 2.22. The molecule has 1 aromatic carbocycles. The predicted octanol–water partition coefficient (Wildman–Crippen LogP) is 3.25. The number of carbonyl (C=O) groups is 1. The Balaban J connectivity index is 1.75. The lowest BCUT2D eigenvalue weighted by atomic mass is 10.0. The van der Waals surface area contributed by atoms with Crippen molar-refractivity contribution >= 4 is 11.7 Å². The fraction of sp³-hybridized carbons (Fsp3) is 0.250. The Morgan fingerprint density at radius 2 is 1.96 bits per heavy atom. The highest BCUT2D eigenvalue weighted by molar-refractivity contribution is 5.95. The van der Waals surface area contributed by atoms with Gasteiger partial charge in [0.25, 0.3) is 5.91 Å². The lowest BCUT2D eigenvalue weighted by molar-refractivity contribution is 0.0935. The molecule has 0 aliphatic rings. The molecule has 0 aliphatic carbocycles. The Bertz CT molecular complexity index is 914. The van der Waals surface area contributed by atoms with Crippen LogP contribution in [0.1, 0.15) is 40.9 Å². The van der Waals surface area contributed by atoms with Crippen molar-refractivity contribution in [1.82, 2.24) is 20.1 Å². The number of carbonyl (C=O) groups excluding carboxylic acids is 1. The van der Waals surface area contributed by atoms with E-state index in [-0.39, 0.29) is 11.9 Å². The Labute approximate surface area is 153 Å². The molecule has 134 valence electrons. The van der Waals surface area contributed by atoms with E-state index in [1.165, 1.54) is 0 Å². The van der Waals surface area contributed by atoms with Crippen LogP contribution in [0.2, 0.25) is 0 Å². The summed E-state index contributed by atoms with van der Waals surface area (Å²) in [5.41, 5.74) is 10.3. The second-order valence-corrected chi connectivity index (χ2v) is 6.39. The summed E-state index contributed by atoms with van der Waals surface area (Å²) in [5.74, 6) is 0.435. The van der Waals surface area contributed by atoms with Gasteiger partial charge in [-0.25, -0.2) is 4.98 Å². The van der Waals surface area contributed by atoms with Crippen molar-refractivity contribution in [1.29, 1.82) is 0 Å². The van der Waals surface area contributed by atoms with E-state index < -0.39 is 0 Å². The molecular formula is C20H23N5O. The minimum absolute atomic E-state index is 0.0557. The molecule has 0 saturated carbocycles. The van der Waals surface area contributed by atoms with Crippen molar-refractivity contribution in [2.75, 3.05) is 5.73 Å². The van der Waals surface area contributed by atoms with Gasteiger partial charge in [0, 0.05) is 36.1 Å². The number of hydrogen-bond donors (Lipinski definition) is 2. The normalized spacial score (nSPS) is 12.0. The number of nitrogens with zero attached hydrogens (tertiary/aromatic N) is 3. The third-order valence-corrected chi connectivity index (χ3v) is 4.44. The van der Waals surface area contributed by atoms with Crippen LogP contribution in [0.15, 0.2) is 48.9 Å². The quantitative estimate of drug-likeness (QED) is 0.740. The van der Waals surface area contributed by atoms with E-state index in [4.69, 9.17) is 5.73 Å². The van der Waals surface area contributed by atoms with Crippen molar-refractivity contribution in [2.24, 2.45) is 7.05 Å². The predicted molar refractivity (Wildman–Crippen MR) is 103 cm³/mol. The average Bonchev–Trinajstić information content (AvgIpc) is 3.08. The maximum Gasteiger partial charge on any atom is 0.251 e. The molecule has 0 aliphatic heterocycles. The molecule has 3 rings (SSSR count). The van der Waals surface area contributed by atoms with Crippen LogP contribution in [-0.2, 0) is 7.05 Å². The molecule has 0 bridgehead atoms. The van der Waals surface area contributed by atoms with Gasteiger partial charge in [-0.05, 0) is 42.7 Å². The summed E-state index contributed by atoms with van der Waals surface area (Å²) in [6.07, 6.45) is 6.25. The van der Waals surface area contributed by atoms with Crippen molar-refractivity contribution in [3.05, 3.63) is 65.6 Å². The maximum absolute atomic E-state index is 12.6. The van der Waals surface area contributed by atoms with Gasteiger partial charge in [0.2, 0.25) is 0 Å². The van der Waals surface area contributed by atoms with Gasteiger partial charge in [-0.1, -0.05) is 19.1 Å². The van der Waals surface area contributed by atoms with Gasteiger partial charge in [-0.3, -0.25) is 9.48 Å². The lowest BCUT2D eigenvalue weighted by Crippen LogP contribution is -2.27. The number of nitrogens with one attached hydrogen (secondary N) is 1. The molecule has 3 N–H and O–H groups in total. The number of nitrogen functional groups attached to an aromatic ring is 1. The molecule has 2 aromatic heterocycles. The van der Waals surface area contributed by atoms with E-state index in [1.807, 2.05) is 57.4 Å². The van der Waals surface area contributed by atoms with Crippen LogP contribution >= 0.6 is 0 Å². The zero-order valence-corrected chi connectivity index (χ0v) is 15.2. The Hall–Kier alpha value is -3.15. The first-order valence-corrected chi connectivity index (χ1v) is 8.60.